The fraction of sp³-hybridized carbons (Fsp3) is 0.625. The Morgan fingerprint density at radius 3 is 1.90 bits per heavy atom. The monoisotopic (exact) mass is 397 g/mol. The molecular formula is C24H39N5. The van der Waals surface area contributed by atoms with Crippen molar-refractivity contribution in [3.63, 3.8) is 0 Å². The Kier molecular flexibility index (Phi) is 6.92. The second-order valence-electron chi connectivity index (χ2n) is 9.89. The fourth-order valence-electron chi connectivity index (χ4n) is 2.97. The van der Waals surface area contributed by atoms with Gasteiger partial charge in [-0.05, 0) is 58.2 Å². The molecule has 5 heteroatoms. The summed E-state index contributed by atoms with van der Waals surface area (Å²) in [5, 5.41) is 6.94. The summed E-state index contributed by atoms with van der Waals surface area (Å²) in [5.41, 5.74) is 1.87. The van der Waals surface area contributed by atoms with Gasteiger partial charge in [0.2, 0.25) is 5.95 Å². The molecule has 0 amide bonds. The molecule has 2 rings (SSSR count). The zero-order valence-corrected chi connectivity index (χ0v) is 19.8. The maximum absolute atomic E-state index is 4.92. The number of rotatable bonds is 8. The molecule has 1 aromatic carbocycles. The molecule has 5 nitrogen and oxygen atoms in total. The van der Waals surface area contributed by atoms with E-state index in [4.69, 9.17) is 15.0 Å². The molecule has 0 bridgehead atoms. The number of benzene rings is 1. The molecule has 2 aromatic rings. The molecule has 0 fully saturated rings. The predicted octanol–water partition coefficient (Wildman–Crippen LogP) is 6.59. The van der Waals surface area contributed by atoms with Crippen LogP contribution < -0.4 is 10.6 Å². The SMILES string of the molecule is CCC(C)(C)c1nc(Nc2cccc(NC(C)(C)C)c2)nc(C(C)(CC)CC)n1. The normalized spacial score (nSPS) is 12.7. The van der Waals surface area contributed by atoms with Crippen molar-refractivity contribution in [2.45, 2.75) is 97.9 Å². The highest BCUT2D eigenvalue weighted by molar-refractivity contribution is 5.61. The zero-order chi connectivity index (χ0) is 21.9. The minimum atomic E-state index is -0.105. The Balaban J connectivity index is 2.47. The van der Waals surface area contributed by atoms with Crippen LogP contribution in [0.25, 0.3) is 0 Å². The molecule has 0 aliphatic carbocycles. The average molecular weight is 398 g/mol. The van der Waals surface area contributed by atoms with Crippen molar-refractivity contribution in [2.24, 2.45) is 0 Å². The van der Waals surface area contributed by atoms with Crippen molar-refractivity contribution < 1.29 is 0 Å². The van der Waals surface area contributed by atoms with E-state index < -0.39 is 0 Å². The number of hydrogen-bond donors (Lipinski definition) is 2. The smallest absolute Gasteiger partial charge is 0.230 e. The number of hydrogen-bond acceptors (Lipinski definition) is 5. The standard InChI is InChI=1S/C24H39N5/c1-10-23(7,8)19-26-20(24(9,11-2)12-3)28-21(27-19)25-17-14-13-15-18(16-17)29-22(4,5)6/h13-16,29H,10-12H2,1-9H3,(H,25,26,27,28). The van der Waals surface area contributed by atoms with E-state index in [-0.39, 0.29) is 16.4 Å². The van der Waals surface area contributed by atoms with Crippen LogP contribution in [0.3, 0.4) is 0 Å². The number of nitrogens with one attached hydrogen (secondary N) is 2. The highest BCUT2D eigenvalue weighted by Crippen LogP contribution is 2.32. The minimum Gasteiger partial charge on any atom is -0.380 e. The Morgan fingerprint density at radius 2 is 1.34 bits per heavy atom. The molecule has 1 aromatic heterocycles. The van der Waals surface area contributed by atoms with Gasteiger partial charge in [0, 0.05) is 27.7 Å². The van der Waals surface area contributed by atoms with Crippen molar-refractivity contribution in [3.05, 3.63) is 35.9 Å². The van der Waals surface area contributed by atoms with Crippen LogP contribution in [-0.4, -0.2) is 20.5 Å². The van der Waals surface area contributed by atoms with E-state index in [2.05, 4.69) is 85.1 Å². The van der Waals surface area contributed by atoms with Gasteiger partial charge >= 0.3 is 0 Å². The molecule has 0 unspecified atom stereocenters. The van der Waals surface area contributed by atoms with Crippen molar-refractivity contribution >= 4 is 17.3 Å². The first-order valence-electron chi connectivity index (χ1n) is 10.8. The van der Waals surface area contributed by atoms with Gasteiger partial charge in [0.25, 0.3) is 0 Å². The van der Waals surface area contributed by atoms with Crippen LogP contribution in [0.5, 0.6) is 0 Å². The second kappa shape index (κ2) is 8.68. The second-order valence-corrected chi connectivity index (χ2v) is 9.89. The lowest BCUT2D eigenvalue weighted by Gasteiger charge is -2.28. The fourth-order valence-corrected chi connectivity index (χ4v) is 2.97. The lowest BCUT2D eigenvalue weighted by molar-refractivity contribution is 0.396. The number of aromatic nitrogens is 3. The van der Waals surface area contributed by atoms with Crippen LogP contribution >= 0.6 is 0 Å². The molecule has 0 atom stereocenters. The Labute approximate surface area is 177 Å². The lowest BCUT2D eigenvalue weighted by atomic mass is 9.83. The van der Waals surface area contributed by atoms with Gasteiger partial charge in [-0.1, -0.05) is 47.6 Å². The molecule has 160 valence electrons. The maximum Gasteiger partial charge on any atom is 0.230 e. The van der Waals surface area contributed by atoms with Crippen LogP contribution in [0, 0.1) is 0 Å². The van der Waals surface area contributed by atoms with Crippen molar-refractivity contribution in [1.29, 1.82) is 0 Å². The highest BCUT2D eigenvalue weighted by atomic mass is 15.2. The van der Waals surface area contributed by atoms with Crippen LogP contribution in [0.4, 0.5) is 17.3 Å². The summed E-state index contributed by atoms with van der Waals surface area (Å²) >= 11 is 0. The summed E-state index contributed by atoms with van der Waals surface area (Å²) in [6, 6.07) is 8.25. The van der Waals surface area contributed by atoms with E-state index in [9.17, 15) is 0 Å². The topological polar surface area (TPSA) is 62.7 Å². The van der Waals surface area contributed by atoms with Gasteiger partial charge in [-0.25, -0.2) is 4.98 Å². The summed E-state index contributed by atoms with van der Waals surface area (Å²) in [6.45, 7) is 19.7. The van der Waals surface area contributed by atoms with Gasteiger partial charge in [0.1, 0.15) is 11.6 Å². The molecule has 0 radical (unpaired) electrons. The van der Waals surface area contributed by atoms with Crippen LogP contribution in [0.2, 0.25) is 0 Å². The van der Waals surface area contributed by atoms with Crippen LogP contribution in [0.1, 0.15) is 93.2 Å². The molecule has 29 heavy (non-hydrogen) atoms. The Bertz CT molecular complexity index is 816. The summed E-state index contributed by atoms with van der Waals surface area (Å²) < 4.78 is 0. The van der Waals surface area contributed by atoms with E-state index in [1.54, 1.807) is 0 Å². The Hall–Kier alpha value is -2.17. The summed E-state index contributed by atoms with van der Waals surface area (Å²) in [4.78, 5) is 14.6. The van der Waals surface area contributed by atoms with Gasteiger partial charge in [-0.3, -0.25) is 0 Å². The molecule has 0 aliphatic rings. The van der Waals surface area contributed by atoms with Crippen LogP contribution in [-0.2, 0) is 10.8 Å². The summed E-state index contributed by atoms with van der Waals surface area (Å²) in [7, 11) is 0. The first-order chi connectivity index (χ1) is 13.4. The maximum atomic E-state index is 4.92. The third-order valence-corrected chi connectivity index (χ3v) is 5.86. The van der Waals surface area contributed by atoms with E-state index >= 15 is 0 Å². The molecule has 0 saturated heterocycles. The zero-order valence-electron chi connectivity index (χ0n) is 19.8. The van der Waals surface area contributed by atoms with Crippen molar-refractivity contribution in [3.8, 4) is 0 Å². The molecule has 2 N–H and O–H groups in total. The molecule has 1 heterocycles. The first-order valence-corrected chi connectivity index (χ1v) is 10.8. The first kappa shape index (κ1) is 23.1. The third kappa shape index (κ3) is 5.91. The van der Waals surface area contributed by atoms with Gasteiger partial charge in [-0.2, -0.15) is 9.97 Å². The quantitative estimate of drug-likeness (QED) is 0.526. The third-order valence-electron chi connectivity index (χ3n) is 5.86. The predicted molar refractivity (Wildman–Crippen MR) is 124 cm³/mol. The Morgan fingerprint density at radius 1 is 0.759 bits per heavy atom. The molecular weight excluding hydrogens is 358 g/mol. The molecule has 0 aliphatic heterocycles. The van der Waals surface area contributed by atoms with Gasteiger partial charge in [0.05, 0.1) is 0 Å². The lowest BCUT2D eigenvalue weighted by Crippen LogP contribution is -2.28. The van der Waals surface area contributed by atoms with E-state index in [0.717, 1.165) is 42.3 Å². The minimum absolute atomic E-state index is 0.00133. The van der Waals surface area contributed by atoms with Gasteiger partial charge in [0.15, 0.2) is 0 Å². The van der Waals surface area contributed by atoms with Gasteiger partial charge < -0.3 is 10.6 Å². The number of nitrogens with zero attached hydrogens (tertiary/aromatic N) is 3. The summed E-state index contributed by atoms with van der Waals surface area (Å²) in [5.74, 6) is 2.35. The molecule has 0 spiro atoms. The number of anilines is 3. The van der Waals surface area contributed by atoms with Crippen LogP contribution in [0.15, 0.2) is 24.3 Å². The summed E-state index contributed by atoms with van der Waals surface area (Å²) in [6.07, 6.45) is 2.95. The van der Waals surface area contributed by atoms with E-state index in [1.807, 2.05) is 12.1 Å². The largest absolute Gasteiger partial charge is 0.380 e. The average Bonchev–Trinajstić information content (AvgIpc) is 2.66. The highest BCUT2D eigenvalue weighted by Gasteiger charge is 2.30. The van der Waals surface area contributed by atoms with Crippen molar-refractivity contribution in [1.82, 2.24) is 15.0 Å². The van der Waals surface area contributed by atoms with E-state index in [0.29, 0.717) is 5.95 Å². The van der Waals surface area contributed by atoms with E-state index in [1.165, 1.54) is 0 Å². The van der Waals surface area contributed by atoms with Gasteiger partial charge in [-0.15, -0.1) is 0 Å². The molecule has 0 saturated carbocycles. The van der Waals surface area contributed by atoms with Crippen molar-refractivity contribution in [2.75, 3.05) is 10.6 Å².